The van der Waals surface area contributed by atoms with Gasteiger partial charge in [0.1, 0.15) is 18.0 Å². The van der Waals surface area contributed by atoms with E-state index in [1.54, 1.807) is 0 Å². The van der Waals surface area contributed by atoms with Crippen LogP contribution >= 0.6 is 0 Å². The second-order valence-corrected chi connectivity index (χ2v) is 5.02. The summed E-state index contributed by atoms with van der Waals surface area (Å²) in [6.07, 6.45) is -0.956. The van der Waals surface area contributed by atoms with Gasteiger partial charge in [-0.2, -0.15) is 0 Å². The van der Waals surface area contributed by atoms with Crippen molar-refractivity contribution in [3.05, 3.63) is 30.3 Å². The molecule has 0 aliphatic carbocycles. The van der Waals surface area contributed by atoms with Crippen LogP contribution in [0, 0.1) is 0 Å². The Hall–Kier alpha value is -2.08. The number of hydrogen-bond acceptors (Lipinski definition) is 4. The molecule has 21 heavy (non-hydrogen) atoms. The van der Waals surface area contributed by atoms with E-state index < -0.39 is 18.2 Å². The van der Waals surface area contributed by atoms with Gasteiger partial charge in [0, 0.05) is 0 Å². The fourth-order valence-corrected chi connectivity index (χ4v) is 2.14. The maximum Gasteiger partial charge on any atom is 0.332 e. The summed E-state index contributed by atoms with van der Waals surface area (Å²) < 4.78 is 10.8. The van der Waals surface area contributed by atoms with Gasteiger partial charge < -0.3 is 19.9 Å². The summed E-state index contributed by atoms with van der Waals surface area (Å²) in [6.45, 7) is 2.19. The van der Waals surface area contributed by atoms with Gasteiger partial charge in [0.25, 0.3) is 0 Å². The Morgan fingerprint density at radius 1 is 1.33 bits per heavy atom. The van der Waals surface area contributed by atoms with Crippen LogP contribution in [0.2, 0.25) is 0 Å². The van der Waals surface area contributed by atoms with Crippen molar-refractivity contribution in [2.24, 2.45) is 0 Å². The molecule has 2 rings (SSSR count). The molecular formula is C15H19NO5. The van der Waals surface area contributed by atoms with Gasteiger partial charge in [-0.15, -0.1) is 0 Å². The van der Waals surface area contributed by atoms with Gasteiger partial charge in [0.15, 0.2) is 6.10 Å². The van der Waals surface area contributed by atoms with Crippen LogP contribution < -0.4 is 10.1 Å². The van der Waals surface area contributed by atoms with Crippen molar-refractivity contribution in [3.8, 4) is 5.75 Å². The molecule has 6 nitrogen and oxygen atoms in total. The molecule has 0 radical (unpaired) electrons. The monoisotopic (exact) mass is 293 g/mol. The standard InChI is InChI=1S/C15H19NO5/c1-10(20-11-5-3-2-4-6-11)9-16-14(17)12-7-8-13(21-12)15(18)19/h2-6,10,12-13H,7-9H2,1H3,(H,16,17)(H,18,19)/t10?,12-,13+/m0/s1. The molecular weight excluding hydrogens is 274 g/mol. The van der Waals surface area contributed by atoms with Gasteiger partial charge in [-0.1, -0.05) is 18.2 Å². The Bertz CT molecular complexity index is 490. The summed E-state index contributed by atoms with van der Waals surface area (Å²) in [5.74, 6) is -0.573. The zero-order chi connectivity index (χ0) is 15.2. The number of benzene rings is 1. The maximum atomic E-state index is 11.9. The van der Waals surface area contributed by atoms with Crippen molar-refractivity contribution in [2.45, 2.75) is 38.1 Å². The molecule has 1 unspecified atom stereocenters. The van der Waals surface area contributed by atoms with Crippen molar-refractivity contribution in [2.75, 3.05) is 6.54 Å². The molecule has 0 saturated carbocycles. The lowest BCUT2D eigenvalue weighted by molar-refractivity contribution is -0.151. The van der Waals surface area contributed by atoms with Crippen LogP contribution in [0.4, 0.5) is 0 Å². The lowest BCUT2D eigenvalue weighted by atomic mass is 10.2. The molecule has 0 bridgehead atoms. The molecule has 1 amide bonds. The highest BCUT2D eigenvalue weighted by atomic mass is 16.5. The second kappa shape index (κ2) is 7.08. The highest BCUT2D eigenvalue weighted by Crippen LogP contribution is 2.20. The first-order chi connectivity index (χ1) is 10.1. The molecule has 1 aliphatic rings. The number of carboxylic acids is 1. The minimum atomic E-state index is -1.02. The molecule has 3 atom stereocenters. The Kier molecular flexibility index (Phi) is 5.16. The van der Waals surface area contributed by atoms with E-state index in [0.717, 1.165) is 5.75 Å². The molecule has 1 heterocycles. The Labute approximate surface area is 123 Å². The number of carbonyl (C=O) groups excluding carboxylic acids is 1. The van der Waals surface area contributed by atoms with E-state index in [-0.39, 0.29) is 12.0 Å². The number of aliphatic carboxylic acids is 1. The minimum Gasteiger partial charge on any atom is -0.489 e. The zero-order valence-electron chi connectivity index (χ0n) is 11.8. The highest BCUT2D eigenvalue weighted by Gasteiger charge is 2.34. The number of nitrogens with one attached hydrogen (secondary N) is 1. The number of carboxylic acid groups (broad SMARTS) is 1. The topological polar surface area (TPSA) is 84.9 Å². The predicted octanol–water partition coefficient (Wildman–Crippen LogP) is 1.20. The lowest BCUT2D eigenvalue weighted by Gasteiger charge is -2.17. The van der Waals surface area contributed by atoms with Crippen LogP contribution in [0.5, 0.6) is 5.75 Å². The van der Waals surface area contributed by atoms with Gasteiger partial charge in [0.05, 0.1) is 6.54 Å². The van der Waals surface area contributed by atoms with Gasteiger partial charge in [-0.3, -0.25) is 4.79 Å². The first-order valence-corrected chi connectivity index (χ1v) is 6.94. The quantitative estimate of drug-likeness (QED) is 0.823. The first-order valence-electron chi connectivity index (χ1n) is 6.94. The highest BCUT2D eigenvalue weighted by molar-refractivity contribution is 5.82. The number of ether oxygens (including phenoxy) is 2. The number of para-hydroxylation sites is 1. The molecule has 1 aromatic rings. The Balaban J connectivity index is 1.73. The molecule has 2 N–H and O–H groups in total. The molecule has 0 aromatic heterocycles. The third-order valence-electron chi connectivity index (χ3n) is 3.23. The minimum absolute atomic E-state index is 0.187. The number of carbonyl (C=O) groups is 2. The Morgan fingerprint density at radius 3 is 2.62 bits per heavy atom. The number of amides is 1. The van der Waals surface area contributed by atoms with E-state index in [2.05, 4.69) is 5.32 Å². The van der Waals surface area contributed by atoms with Crippen molar-refractivity contribution < 1.29 is 24.2 Å². The smallest absolute Gasteiger partial charge is 0.332 e. The van der Waals surface area contributed by atoms with Crippen LogP contribution in [0.1, 0.15) is 19.8 Å². The van der Waals surface area contributed by atoms with Crippen molar-refractivity contribution >= 4 is 11.9 Å². The third kappa shape index (κ3) is 4.46. The number of rotatable bonds is 6. The zero-order valence-corrected chi connectivity index (χ0v) is 11.8. The molecule has 1 saturated heterocycles. The van der Waals surface area contributed by atoms with Crippen LogP contribution in [0.25, 0.3) is 0 Å². The molecule has 1 aliphatic heterocycles. The Morgan fingerprint density at radius 2 is 2.00 bits per heavy atom. The normalized spacial score (nSPS) is 22.5. The van der Waals surface area contributed by atoms with Gasteiger partial charge in [0.2, 0.25) is 5.91 Å². The molecule has 114 valence electrons. The predicted molar refractivity (Wildman–Crippen MR) is 75.1 cm³/mol. The van der Waals surface area contributed by atoms with Crippen molar-refractivity contribution in [1.82, 2.24) is 5.32 Å². The summed E-state index contributed by atoms with van der Waals surface area (Å²) in [5, 5.41) is 11.5. The summed E-state index contributed by atoms with van der Waals surface area (Å²) in [6, 6.07) is 9.33. The summed E-state index contributed by atoms with van der Waals surface area (Å²) in [7, 11) is 0. The number of hydrogen-bond donors (Lipinski definition) is 2. The maximum absolute atomic E-state index is 11.9. The van der Waals surface area contributed by atoms with E-state index in [9.17, 15) is 9.59 Å². The van der Waals surface area contributed by atoms with Crippen LogP contribution in [0.3, 0.4) is 0 Å². The lowest BCUT2D eigenvalue weighted by Crippen LogP contribution is -2.40. The van der Waals surface area contributed by atoms with Crippen LogP contribution in [0.15, 0.2) is 30.3 Å². The average Bonchev–Trinajstić information content (AvgIpc) is 2.96. The van der Waals surface area contributed by atoms with E-state index in [4.69, 9.17) is 14.6 Å². The molecule has 6 heteroatoms. The fraction of sp³-hybridized carbons (Fsp3) is 0.467. The van der Waals surface area contributed by atoms with Crippen LogP contribution in [-0.4, -0.2) is 41.8 Å². The molecule has 0 spiro atoms. The average molecular weight is 293 g/mol. The third-order valence-corrected chi connectivity index (χ3v) is 3.23. The van der Waals surface area contributed by atoms with Gasteiger partial charge >= 0.3 is 5.97 Å². The van der Waals surface area contributed by atoms with Gasteiger partial charge in [-0.25, -0.2) is 4.79 Å². The molecule has 1 aromatic carbocycles. The van der Waals surface area contributed by atoms with Crippen LogP contribution in [-0.2, 0) is 14.3 Å². The second-order valence-electron chi connectivity index (χ2n) is 5.02. The summed E-state index contributed by atoms with van der Waals surface area (Å²) >= 11 is 0. The summed E-state index contributed by atoms with van der Waals surface area (Å²) in [5.41, 5.74) is 0. The van der Waals surface area contributed by atoms with Crippen molar-refractivity contribution in [3.63, 3.8) is 0 Å². The van der Waals surface area contributed by atoms with E-state index in [1.165, 1.54) is 0 Å². The van der Waals surface area contributed by atoms with E-state index in [1.807, 2.05) is 37.3 Å². The van der Waals surface area contributed by atoms with E-state index >= 15 is 0 Å². The fourth-order valence-electron chi connectivity index (χ4n) is 2.14. The largest absolute Gasteiger partial charge is 0.489 e. The van der Waals surface area contributed by atoms with Gasteiger partial charge in [-0.05, 0) is 31.9 Å². The molecule has 1 fully saturated rings. The van der Waals surface area contributed by atoms with Crippen molar-refractivity contribution in [1.29, 1.82) is 0 Å². The first kappa shape index (κ1) is 15.3. The SMILES string of the molecule is CC(CNC(=O)[C@@H]1CC[C@H](C(=O)O)O1)Oc1ccccc1. The summed E-state index contributed by atoms with van der Waals surface area (Å²) in [4.78, 5) is 22.6. The van der Waals surface area contributed by atoms with E-state index in [0.29, 0.717) is 19.4 Å².